The molecule has 1 atom stereocenters. The maximum Gasteiger partial charge on any atom is 0.249 e. The quantitative estimate of drug-likeness (QED) is 0.926. The van der Waals surface area contributed by atoms with Gasteiger partial charge < -0.3 is 19.7 Å². The fourth-order valence-corrected chi connectivity index (χ4v) is 2.90. The summed E-state index contributed by atoms with van der Waals surface area (Å²) in [6.07, 6.45) is 0. The number of anilines is 2. The molecule has 0 radical (unpaired) electrons. The number of halogens is 1. The Balaban J connectivity index is 1.75. The third-order valence-corrected chi connectivity index (χ3v) is 4.02. The molecule has 1 N–H and O–H groups in total. The van der Waals surface area contributed by atoms with Gasteiger partial charge in [-0.3, -0.25) is 4.79 Å². The summed E-state index contributed by atoms with van der Waals surface area (Å²) in [5, 5.41) is 3.17. The minimum atomic E-state index is -0.364. The van der Waals surface area contributed by atoms with E-state index in [1.807, 2.05) is 6.07 Å². The normalized spacial score (nSPS) is 18.6. The lowest BCUT2D eigenvalue weighted by molar-refractivity contribution is -0.119. The first-order valence-electron chi connectivity index (χ1n) is 7.38. The molecule has 118 valence electrons. The van der Waals surface area contributed by atoms with Crippen LogP contribution < -0.4 is 19.7 Å². The Morgan fingerprint density at radius 1 is 1.26 bits per heavy atom. The van der Waals surface area contributed by atoms with Crippen molar-refractivity contribution < 1.29 is 18.7 Å². The smallest absolute Gasteiger partial charge is 0.249 e. The first-order valence-corrected chi connectivity index (χ1v) is 7.38. The van der Waals surface area contributed by atoms with E-state index in [9.17, 15) is 9.18 Å². The maximum atomic E-state index is 13.4. The van der Waals surface area contributed by atoms with Crippen molar-refractivity contribution in [3.05, 3.63) is 47.8 Å². The average molecular weight is 314 g/mol. The fourth-order valence-electron chi connectivity index (χ4n) is 2.90. The van der Waals surface area contributed by atoms with Crippen LogP contribution in [0, 0.1) is 5.82 Å². The summed E-state index contributed by atoms with van der Waals surface area (Å²) in [5.41, 5.74) is 2.25. The molecule has 0 fully saturated rings. The van der Waals surface area contributed by atoms with Crippen molar-refractivity contribution in [1.29, 1.82) is 0 Å². The summed E-state index contributed by atoms with van der Waals surface area (Å²) in [4.78, 5) is 14.2. The van der Waals surface area contributed by atoms with E-state index in [0.717, 1.165) is 11.3 Å². The molecule has 4 rings (SSSR count). The number of nitrogens with one attached hydrogen (secondary N) is 1. The Hall–Kier alpha value is -2.76. The molecule has 0 bridgehead atoms. The third kappa shape index (κ3) is 2.36. The van der Waals surface area contributed by atoms with E-state index in [4.69, 9.17) is 9.47 Å². The molecular formula is C17H15FN2O3. The van der Waals surface area contributed by atoms with Gasteiger partial charge in [-0.15, -0.1) is 0 Å². The van der Waals surface area contributed by atoms with Crippen molar-refractivity contribution >= 4 is 17.3 Å². The van der Waals surface area contributed by atoms with E-state index >= 15 is 0 Å². The summed E-state index contributed by atoms with van der Waals surface area (Å²) in [6.45, 7) is 2.27. The van der Waals surface area contributed by atoms with Gasteiger partial charge in [0.05, 0.1) is 17.9 Å². The van der Waals surface area contributed by atoms with E-state index in [0.29, 0.717) is 23.7 Å². The monoisotopic (exact) mass is 314 g/mol. The number of hydrogen-bond acceptors (Lipinski definition) is 4. The molecule has 1 unspecified atom stereocenters. The highest BCUT2D eigenvalue weighted by molar-refractivity contribution is 6.05. The highest BCUT2D eigenvalue weighted by Crippen LogP contribution is 2.43. The van der Waals surface area contributed by atoms with Gasteiger partial charge in [-0.2, -0.15) is 0 Å². The Labute approximate surface area is 132 Å². The molecule has 1 amide bonds. The highest BCUT2D eigenvalue weighted by atomic mass is 19.1. The first-order chi connectivity index (χ1) is 11.1. The summed E-state index contributed by atoms with van der Waals surface area (Å²) < 4.78 is 24.2. The van der Waals surface area contributed by atoms with Gasteiger partial charge in [0.1, 0.15) is 11.9 Å². The van der Waals surface area contributed by atoms with E-state index in [1.165, 1.54) is 12.1 Å². The second-order valence-corrected chi connectivity index (χ2v) is 5.64. The van der Waals surface area contributed by atoms with Gasteiger partial charge in [-0.25, -0.2) is 4.39 Å². The molecule has 2 heterocycles. The van der Waals surface area contributed by atoms with Gasteiger partial charge in [-0.05, 0) is 24.6 Å². The molecule has 2 aromatic carbocycles. The van der Waals surface area contributed by atoms with Crippen LogP contribution in [-0.2, 0) is 11.3 Å². The lowest BCUT2D eigenvalue weighted by Gasteiger charge is -2.34. The highest BCUT2D eigenvalue weighted by Gasteiger charge is 2.32. The van der Waals surface area contributed by atoms with Gasteiger partial charge in [0.2, 0.25) is 12.7 Å². The van der Waals surface area contributed by atoms with Gasteiger partial charge in [0.25, 0.3) is 0 Å². The van der Waals surface area contributed by atoms with Crippen LogP contribution in [0.1, 0.15) is 12.5 Å². The Morgan fingerprint density at radius 3 is 2.83 bits per heavy atom. The first kappa shape index (κ1) is 13.9. The third-order valence-electron chi connectivity index (χ3n) is 4.02. The number of carbonyl (C=O) groups excluding carboxylic acids is 1. The number of nitrogens with zero attached hydrogens (tertiary/aromatic N) is 1. The van der Waals surface area contributed by atoms with Crippen LogP contribution in [0.4, 0.5) is 15.8 Å². The number of amides is 1. The number of ether oxygens (including phenoxy) is 2. The van der Waals surface area contributed by atoms with Crippen molar-refractivity contribution in [1.82, 2.24) is 0 Å². The molecule has 2 aliphatic heterocycles. The van der Waals surface area contributed by atoms with Gasteiger partial charge in [0, 0.05) is 12.1 Å². The van der Waals surface area contributed by atoms with E-state index in [-0.39, 0.29) is 24.6 Å². The summed E-state index contributed by atoms with van der Waals surface area (Å²) >= 11 is 0. The maximum absolute atomic E-state index is 13.4. The van der Waals surface area contributed by atoms with Crippen molar-refractivity contribution in [2.24, 2.45) is 0 Å². The fraction of sp³-hybridized carbons (Fsp3) is 0.235. The molecule has 0 saturated carbocycles. The molecule has 23 heavy (non-hydrogen) atoms. The van der Waals surface area contributed by atoms with Crippen LogP contribution in [0.3, 0.4) is 0 Å². The van der Waals surface area contributed by atoms with E-state index < -0.39 is 0 Å². The van der Waals surface area contributed by atoms with E-state index in [2.05, 4.69) is 5.32 Å². The number of rotatable bonds is 2. The largest absolute Gasteiger partial charge is 0.454 e. The van der Waals surface area contributed by atoms with E-state index in [1.54, 1.807) is 30.0 Å². The van der Waals surface area contributed by atoms with Gasteiger partial charge >= 0.3 is 0 Å². The molecule has 2 aliphatic rings. The predicted molar refractivity (Wildman–Crippen MR) is 83.2 cm³/mol. The van der Waals surface area contributed by atoms with Crippen LogP contribution >= 0.6 is 0 Å². The van der Waals surface area contributed by atoms with Crippen molar-refractivity contribution in [2.75, 3.05) is 17.0 Å². The summed E-state index contributed by atoms with van der Waals surface area (Å²) in [7, 11) is 0. The standard InChI is InChI=1S/C17H15FN2O3/c1-10-17(21)20(8-11-3-2-4-12(18)5-11)14-7-16-15(22-9-23-16)6-13(14)19-10/h2-7,10,19H,8-9H2,1H3. The van der Waals surface area contributed by atoms with Crippen LogP contribution in [0.15, 0.2) is 36.4 Å². The zero-order valence-electron chi connectivity index (χ0n) is 12.5. The molecule has 6 heteroatoms. The SMILES string of the molecule is CC1Nc2cc3c(cc2N(Cc2cccc(F)c2)C1=O)OCO3. The molecule has 0 aliphatic carbocycles. The molecule has 0 spiro atoms. The minimum absolute atomic E-state index is 0.0689. The van der Waals surface area contributed by atoms with Crippen molar-refractivity contribution in [3.63, 3.8) is 0 Å². The van der Waals surface area contributed by atoms with Gasteiger partial charge in [-0.1, -0.05) is 12.1 Å². The Morgan fingerprint density at radius 2 is 2.04 bits per heavy atom. The van der Waals surface area contributed by atoms with Crippen molar-refractivity contribution in [3.8, 4) is 11.5 Å². The van der Waals surface area contributed by atoms with Crippen LogP contribution in [-0.4, -0.2) is 18.7 Å². The number of benzene rings is 2. The van der Waals surface area contributed by atoms with Crippen LogP contribution in [0.25, 0.3) is 0 Å². The molecule has 2 aromatic rings. The molecule has 0 aromatic heterocycles. The number of hydrogen-bond donors (Lipinski definition) is 1. The Bertz CT molecular complexity index is 793. The lowest BCUT2D eigenvalue weighted by atomic mass is 10.1. The number of carbonyl (C=O) groups is 1. The van der Waals surface area contributed by atoms with Crippen LogP contribution in [0.2, 0.25) is 0 Å². The Kier molecular flexibility index (Phi) is 3.11. The minimum Gasteiger partial charge on any atom is -0.454 e. The summed E-state index contributed by atoms with van der Waals surface area (Å²) in [5.74, 6) is 0.880. The zero-order chi connectivity index (χ0) is 16.0. The lowest BCUT2D eigenvalue weighted by Crippen LogP contribution is -2.45. The second-order valence-electron chi connectivity index (χ2n) is 5.64. The van der Waals surface area contributed by atoms with Crippen LogP contribution in [0.5, 0.6) is 11.5 Å². The van der Waals surface area contributed by atoms with Gasteiger partial charge in [0.15, 0.2) is 11.5 Å². The topological polar surface area (TPSA) is 50.8 Å². The zero-order valence-corrected chi connectivity index (χ0v) is 12.5. The molecule has 0 saturated heterocycles. The summed E-state index contributed by atoms with van der Waals surface area (Å²) in [6, 6.07) is 9.52. The van der Waals surface area contributed by atoms with Crippen molar-refractivity contribution in [2.45, 2.75) is 19.5 Å². The average Bonchev–Trinajstić information content (AvgIpc) is 2.97. The predicted octanol–water partition coefficient (Wildman–Crippen LogP) is 2.90. The molecule has 5 nitrogen and oxygen atoms in total. The number of fused-ring (bicyclic) bond motifs is 2. The second kappa shape index (κ2) is 5.15. The molecular weight excluding hydrogens is 299 g/mol.